The lowest BCUT2D eigenvalue weighted by atomic mass is 10.1. The van der Waals surface area contributed by atoms with Crippen molar-refractivity contribution in [2.75, 3.05) is 48.5 Å². The van der Waals surface area contributed by atoms with Crippen LogP contribution in [0.1, 0.15) is 5.56 Å². The van der Waals surface area contributed by atoms with E-state index >= 15 is 0 Å². The summed E-state index contributed by atoms with van der Waals surface area (Å²) in [6.07, 6.45) is 3.49. The standard InChI is InChI=1S/C17H27NO5/c1-18-11-17(23-13-20-3)16(22-12-19-2)10-7-14-5-8-15(21-4)9-6-14/h5-10,16-18H,11-13H2,1-4H3/b10-7+/t16-,17-/m0/s1. The van der Waals surface area contributed by atoms with Crippen molar-refractivity contribution in [3.05, 3.63) is 35.9 Å². The Morgan fingerprint density at radius 3 is 2.22 bits per heavy atom. The lowest BCUT2D eigenvalue weighted by Gasteiger charge is -2.24. The normalized spacial score (nSPS) is 14.1. The molecule has 23 heavy (non-hydrogen) atoms. The predicted molar refractivity (Wildman–Crippen MR) is 89.5 cm³/mol. The number of hydrogen-bond donors (Lipinski definition) is 1. The Morgan fingerprint density at radius 1 is 1.00 bits per heavy atom. The van der Waals surface area contributed by atoms with Gasteiger partial charge in [-0.15, -0.1) is 0 Å². The Hall–Kier alpha value is -1.44. The fourth-order valence-electron chi connectivity index (χ4n) is 1.98. The van der Waals surface area contributed by atoms with Crippen LogP contribution in [0.25, 0.3) is 6.08 Å². The third-order valence-corrected chi connectivity index (χ3v) is 3.14. The van der Waals surface area contributed by atoms with Gasteiger partial charge in [-0.25, -0.2) is 0 Å². The van der Waals surface area contributed by atoms with Gasteiger partial charge in [-0.05, 0) is 24.7 Å². The molecule has 0 spiro atoms. The lowest BCUT2D eigenvalue weighted by Crippen LogP contribution is -2.38. The predicted octanol–water partition coefficient (Wildman–Crippen LogP) is 1.91. The first-order valence-corrected chi connectivity index (χ1v) is 7.43. The first-order valence-electron chi connectivity index (χ1n) is 7.43. The third-order valence-electron chi connectivity index (χ3n) is 3.14. The van der Waals surface area contributed by atoms with Crippen LogP contribution in [0, 0.1) is 0 Å². The van der Waals surface area contributed by atoms with E-state index in [1.54, 1.807) is 21.3 Å². The Morgan fingerprint density at radius 2 is 1.65 bits per heavy atom. The molecule has 0 aliphatic carbocycles. The average molecular weight is 325 g/mol. The summed E-state index contributed by atoms with van der Waals surface area (Å²) < 4.78 is 26.5. The molecular formula is C17H27NO5. The van der Waals surface area contributed by atoms with Gasteiger partial charge in [0.15, 0.2) is 0 Å². The molecule has 1 aromatic carbocycles. The van der Waals surface area contributed by atoms with Crippen LogP contribution in [-0.2, 0) is 18.9 Å². The molecule has 0 bridgehead atoms. The zero-order valence-corrected chi connectivity index (χ0v) is 14.3. The van der Waals surface area contributed by atoms with Crippen molar-refractivity contribution in [2.24, 2.45) is 0 Å². The number of likely N-dealkylation sites (N-methyl/N-ethyl adjacent to an activating group) is 1. The molecule has 0 radical (unpaired) electrons. The van der Waals surface area contributed by atoms with E-state index in [-0.39, 0.29) is 25.8 Å². The zero-order valence-electron chi connectivity index (χ0n) is 14.3. The van der Waals surface area contributed by atoms with Gasteiger partial charge in [-0.2, -0.15) is 0 Å². The van der Waals surface area contributed by atoms with E-state index in [0.717, 1.165) is 11.3 Å². The summed E-state index contributed by atoms with van der Waals surface area (Å²) in [5.41, 5.74) is 1.05. The molecule has 1 aromatic rings. The van der Waals surface area contributed by atoms with Crippen LogP contribution in [0.5, 0.6) is 5.75 Å². The molecule has 0 aromatic heterocycles. The summed E-state index contributed by atoms with van der Waals surface area (Å²) in [7, 11) is 6.70. The number of ether oxygens (including phenoxy) is 5. The smallest absolute Gasteiger partial charge is 0.147 e. The highest BCUT2D eigenvalue weighted by Gasteiger charge is 2.20. The van der Waals surface area contributed by atoms with E-state index in [9.17, 15) is 0 Å². The average Bonchev–Trinajstić information content (AvgIpc) is 2.59. The van der Waals surface area contributed by atoms with Gasteiger partial charge < -0.3 is 29.0 Å². The molecule has 6 heteroatoms. The molecule has 0 fully saturated rings. The summed E-state index contributed by atoms with van der Waals surface area (Å²) >= 11 is 0. The number of nitrogens with one attached hydrogen (secondary N) is 1. The summed E-state index contributed by atoms with van der Waals surface area (Å²) in [4.78, 5) is 0. The molecule has 0 heterocycles. The summed E-state index contributed by atoms with van der Waals surface area (Å²) in [6, 6.07) is 7.78. The second-order valence-electron chi connectivity index (χ2n) is 4.84. The van der Waals surface area contributed by atoms with Crippen LogP contribution < -0.4 is 10.1 Å². The minimum atomic E-state index is -0.264. The molecule has 6 nitrogen and oxygen atoms in total. The van der Waals surface area contributed by atoms with Gasteiger partial charge in [0.05, 0.1) is 7.11 Å². The maximum atomic E-state index is 5.72. The van der Waals surface area contributed by atoms with Gasteiger partial charge in [-0.1, -0.05) is 24.3 Å². The van der Waals surface area contributed by atoms with E-state index in [2.05, 4.69) is 5.32 Å². The Kier molecular flexibility index (Phi) is 10.3. The minimum Gasteiger partial charge on any atom is -0.497 e. The van der Waals surface area contributed by atoms with Crippen molar-refractivity contribution in [1.82, 2.24) is 5.32 Å². The van der Waals surface area contributed by atoms with Crippen molar-refractivity contribution in [3.8, 4) is 5.75 Å². The molecule has 1 N–H and O–H groups in total. The van der Waals surface area contributed by atoms with Gasteiger partial charge in [0, 0.05) is 20.8 Å². The maximum absolute atomic E-state index is 5.72. The molecule has 130 valence electrons. The molecule has 0 amide bonds. The van der Waals surface area contributed by atoms with Crippen molar-refractivity contribution in [1.29, 1.82) is 0 Å². The highest BCUT2D eigenvalue weighted by atomic mass is 16.7. The topological polar surface area (TPSA) is 58.2 Å². The van der Waals surface area contributed by atoms with E-state index in [1.807, 2.05) is 43.5 Å². The van der Waals surface area contributed by atoms with E-state index < -0.39 is 0 Å². The molecule has 0 aliphatic heterocycles. The molecule has 2 atom stereocenters. The fraction of sp³-hybridized carbons (Fsp3) is 0.529. The first kappa shape index (κ1) is 19.6. The van der Waals surface area contributed by atoms with Crippen molar-refractivity contribution < 1.29 is 23.7 Å². The van der Waals surface area contributed by atoms with Crippen molar-refractivity contribution in [3.63, 3.8) is 0 Å². The molecule has 0 unspecified atom stereocenters. The molecule has 0 saturated heterocycles. The maximum Gasteiger partial charge on any atom is 0.147 e. The number of benzene rings is 1. The second-order valence-corrected chi connectivity index (χ2v) is 4.84. The molecule has 0 saturated carbocycles. The molecular weight excluding hydrogens is 298 g/mol. The Labute approximate surface area is 138 Å². The minimum absolute atomic E-state index is 0.189. The van der Waals surface area contributed by atoms with Gasteiger partial charge in [0.25, 0.3) is 0 Å². The lowest BCUT2D eigenvalue weighted by molar-refractivity contribution is -0.141. The largest absolute Gasteiger partial charge is 0.497 e. The van der Waals surface area contributed by atoms with Crippen LogP contribution in [0.3, 0.4) is 0 Å². The van der Waals surface area contributed by atoms with Crippen molar-refractivity contribution in [2.45, 2.75) is 12.2 Å². The van der Waals surface area contributed by atoms with Crippen LogP contribution in [0.2, 0.25) is 0 Å². The SMILES string of the molecule is CNC[C@H](OCOC)[C@H](/C=C/c1ccc(OC)cc1)OCOC. The first-order chi connectivity index (χ1) is 11.2. The summed E-state index contributed by atoms with van der Waals surface area (Å²) in [5, 5.41) is 3.10. The van der Waals surface area contributed by atoms with Gasteiger partial charge in [0.1, 0.15) is 31.5 Å². The van der Waals surface area contributed by atoms with E-state index in [1.165, 1.54) is 0 Å². The zero-order chi connectivity index (χ0) is 16.9. The van der Waals surface area contributed by atoms with E-state index in [4.69, 9.17) is 23.7 Å². The number of methoxy groups -OCH3 is 3. The summed E-state index contributed by atoms with van der Waals surface area (Å²) in [6.45, 7) is 1.02. The van der Waals surface area contributed by atoms with Crippen LogP contribution >= 0.6 is 0 Å². The molecule has 1 rings (SSSR count). The van der Waals surface area contributed by atoms with E-state index in [0.29, 0.717) is 6.54 Å². The van der Waals surface area contributed by atoms with Crippen LogP contribution in [-0.4, -0.2) is 60.7 Å². The molecule has 0 aliphatic rings. The monoisotopic (exact) mass is 325 g/mol. The van der Waals surface area contributed by atoms with Gasteiger partial charge >= 0.3 is 0 Å². The quantitative estimate of drug-likeness (QED) is 0.593. The van der Waals surface area contributed by atoms with Gasteiger partial charge in [-0.3, -0.25) is 0 Å². The third kappa shape index (κ3) is 7.58. The Bertz CT molecular complexity index is 435. The van der Waals surface area contributed by atoms with Gasteiger partial charge in [0.2, 0.25) is 0 Å². The highest BCUT2D eigenvalue weighted by molar-refractivity contribution is 5.51. The number of rotatable bonds is 12. The second kappa shape index (κ2) is 12.0. The summed E-state index contributed by atoms with van der Waals surface area (Å²) in [5.74, 6) is 0.825. The highest BCUT2D eigenvalue weighted by Crippen LogP contribution is 2.14. The van der Waals surface area contributed by atoms with Crippen molar-refractivity contribution >= 4 is 6.08 Å². The number of hydrogen-bond acceptors (Lipinski definition) is 6. The Balaban J connectivity index is 2.78. The van der Waals surface area contributed by atoms with Crippen LogP contribution in [0.15, 0.2) is 30.3 Å². The fourth-order valence-corrected chi connectivity index (χ4v) is 1.98. The van der Waals surface area contributed by atoms with Crippen LogP contribution in [0.4, 0.5) is 0 Å².